The van der Waals surface area contributed by atoms with Crippen molar-refractivity contribution in [3.63, 3.8) is 0 Å². The third-order valence-corrected chi connectivity index (χ3v) is 5.28. The first-order valence-corrected chi connectivity index (χ1v) is 10.3. The molecule has 0 unspecified atom stereocenters. The molecule has 8 heteroatoms. The second-order valence-corrected chi connectivity index (χ2v) is 7.42. The van der Waals surface area contributed by atoms with Crippen LogP contribution in [0.15, 0.2) is 46.8 Å². The zero-order valence-corrected chi connectivity index (χ0v) is 19.3. The van der Waals surface area contributed by atoms with Gasteiger partial charge in [-0.05, 0) is 42.5 Å². The number of nitrogens with zero attached hydrogens (tertiary/aromatic N) is 2. The van der Waals surface area contributed by atoms with Gasteiger partial charge in [-0.25, -0.2) is 4.99 Å². The van der Waals surface area contributed by atoms with E-state index in [1.807, 2.05) is 0 Å². The molecular formula is C20H28IN5OS. The Labute approximate surface area is 187 Å². The fourth-order valence-electron chi connectivity index (χ4n) is 2.94. The number of thiophene rings is 1. The van der Waals surface area contributed by atoms with Crippen LogP contribution in [-0.4, -0.2) is 44.6 Å². The van der Waals surface area contributed by atoms with Crippen molar-refractivity contribution in [3.05, 3.63) is 52.2 Å². The standard InChI is InChI=1S/C20H27N5OS.HI/c1-2-21-20(23-10-9-18-4-3-13-27-18)24-14-16-5-7-17(8-6-16)25-12-11-22-19(26)15-25;/h3-8,13H,2,9-12,14-15H2,1H3,(H,22,26)(H2,21,23,24);1H. The van der Waals surface area contributed by atoms with Gasteiger partial charge in [-0.1, -0.05) is 18.2 Å². The number of halogens is 1. The molecular weight excluding hydrogens is 485 g/mol. The Bertz CT molecular complexity index is 748. The van der Waals surface area contributed by atoms with Crippen LogP contribution < -0.4 is 20.9 Å². The van der Waals surface area contributed by atoms with E-state index < -0.39 is 0 Å². The van der Waals surface area contributed by atoms with Crippen molar-refractivity contribution in [2.45, 2.75) is 19.9 Å². The zero-order valence-electron chi connectivity index (χ0n) is 16.1. The van der Waals surface area contributed by atoms with Gasteiger partial charge in [-0.15, -0.1) is 35.3 Å². The van der Waals surface area contributed by atoms with E-state index in [1.165, 1.54) is 4.88 Å². The molecule has 0 radical (unpaired) electrons. The quantitative estimate of drug-likeness (QED) is 0.303. The van der Waals surface area contributed by atoms with Crippen LogP contribution in [0.5, 0.6) is 0 Å². The molecule has 28 heavy (non-hydrogen) atoms. The molecule has 1 aliphatic rings. The lowest BCUT2D eigenvalue weighted by atomic mass is 10.2. The summed E-state index contributed by atoms with van der Waals surface area (Å²) < 4.78 is 0. The molecule has 152 valence electrons. The molecule has 0 saturated carbocycles. The highest BCUT2D eigenvalue weighted by atomic mass is 127. The Kier molecular flexibility index (Phi) is 9.56. The van der Waals surface area contributed by atoms with E-state index in [4.69, 9.17) is 0 Å². The minimum absolute atomic E-state index is 0. The number of hydrogen-bond donors (Lipinski definition) is 3. The van der Waals surface area contributed by atoms with Crippen molar-refractivity contribution < 1.29 is 4.79 Å². The van der Waals surface area contributed by atoms with Gasteiger partial charge in [0.2, 0.25) is 5.91 Å². The topological polar surface area (TPSA) is 68.8 Å². The van der Waals surface area contributed by atoms with Crippen LogP contribution in [0.1, 0.15) is 17.4 Å². The molecule has 3 N–H and O–H groups in total. The van der Waals surface area contributed by atoms with E-state index in [-0.39, 0.29) is 29.9 Å². The van der Waals surface area contributed by atoms with E-state index >= 15 is 0 Å². The SMILES string of the molecule is CCNC(=NCc1ccc(N2CCNC(=O)C2)cc1)NCCc1cccs1.I. The van der Waals surface area contributed by atoms with E-state index in [0.717, 1.165) is 43.3 Å². The third-order valence-electron chi connectivity index (χ3n) is 4.35. The Morgan fingerprint density at radius 3 is 2.75 bits per heavy atom. The van der Waals surface area contributed by atoms with Crippen molar-refractivity contribution in [2.75, 3.05) is 37.6 Å². The smallest absolute Gasteiger partial charge is 0.239 e. The molecule has 2 heterocycles. The fraction of sp³-hybridized carbons (Fsp3) is 0.400. The molecule has 1 aliphatic heterocycles. The number of aliphatic imine (C=N–C) groups is 1. The number of anilines is 1. The summed E-state index contributed by atoms with van der Waals surface area (Å²) in [6, 6.07) is 12.5. The Hall–Kier alpha value is -1.81. The first-order valence-electron chi connectivity index (χ1n) is 9.39. The molecule has 2 aromatic rings. The summed E-state index contributed by atoms with van der Waals surface area (Å²) in [5, 5.41) is 11.6. The predicted molar refractivity (Wildman–Crippen MR) is 128 cm³/mol. The van der Waals surface area contributed by atoms with Gasteiger partial charge in [0.1, 0.15) is 0 Å². The Morgan fingerprint density at radius 1 is 1.25 bits per heavy atom. The van der Waals surface area contributed by atoms with Crippen molar-refractivity contribution in [1.82, 2.24) is 16.0 Å². The number of benzene rings is 1. The van der Waals surface area contributed by atoms with Crippen molar-refractivity contribution >= 4 is 52.9 Å². The third kappa shape index (κ3) is 6.97. The largest absolute Gasteiger partial charge is 0.360 e. The molecule has 0 aliphatic carbocycles. The van der Waals surface area contributed by atoms with E-state index in [2.05, 4.69) is 74.5 Å². The summed E-state index contributed by atoms with van der Waals surface area (Å²) in [4.78, 5) is 19.7. The molecule has 0 spiro atoms. The average Bonchev–Trinajstić information content (AvgIpc) is 3.20. The molecule has 3 rings (SSSR count). The number of carbonyl (C=O) groups excluding carboxylic acids is 1. The molecule has 1 aromatic heterocycles. The first kappa shape index (κ1) is 22.5. The first-order chi connectivity index (χ1) is 13.2. The highest BCUT2D eigenvalue weighted by molar-refractivity contribution is 14.0. The lowest BCUT2D eigenvalue weighted by molar-refractivity contribution is -0.120. The van der Waals surface area contributed by atoms with E-state index in [0.29, 0.717) is 19.6 Å². The van der Waals surface area contributed by atoms with Gasteiger partial charge >= 0.3 is 0 Å². The average molecular weight is 513 g/mol. The lowest BCUT2D eigenvalue weighted by Gasteiger charge is -2.28. The second kappa shape index (κ2) is 11.9. The van der Waals surface area contributed by atoms with Crippen LogP contribution in [0.25, 0.3) is 0 Å². The number of rotatable bonds is 7. The van der Waals surface area contributed by atoms with Crippen LogP contribution in [0.2, 0.25) is 0 Å². The summed E-state index contributed by atoms with van der Waals surface area (Å²) in [5.41, 5.74) is 2.23. The van der Waals surface area contributed by atoms with E-state index in [1.54, 1.807) is 11.3 Å². The molecule has 1 saturated heterocycles. The summed E-state index contributed by atoms with van der Waals surface area (Å²) in [7, 11) is 0. The lowest BCUT2D eigenvalue weighted by Crippen LogP contribution is -2.47. The van der Waals surface area contributed by atoms with Crippen LogP contribution in [0.4, 0.5) is 5.69 Å². The molecule has 0 bridgehead atoms. The van der Waals surface area contributed by atoms with Gasteiger partial charge in [0.05, 0.1) is 13.1 Å². The maximum absolute atomic E-state index is 11.5. The molecule has 1 aromatic carbocycles. The number of guanidine groups is 1. The predicted octanol–water partition coefficient (Wildman–Crippen LogP) is 2.60. The summed E-state index contributed by atoms with van der Waals surface area (Å²) in [6.07, 6.45) is 1.00. The number of amides is 1. The fourth-order valence-corrected chi connectivity index (χ4v) is 3.65. The normalized spacial score (nSPS) is 14.2. The Balaban J connectivity index is 0.00000280. The van der Waals surface area contributed by atoms with Gasteiger partial charge in [-0.2, -0.15) is 0 Å². The van der Waals surface area contributed by atoms with E-state index in [9.17, 15) is 4.79 Å². The molecule has 1 fully saturated rings. The molecule has 6 nitrogen and oxygen atoms in total. The van der Waals surface area contributed by atoms with Crippen LogP contribution in [0, 0.1) is 0 Å². The highest BCUT2D eigenvalue weighted by Gasteiger charge is 2.16. The maximum Gasteiger partial charge on any atom is 0.239 e. The van der Waals surface area contributed by atoms with Crippen molar-refractivity contribution in [1.29, 1.82) is 0 Å². The molecule has 1 amide bonds. The minimum Gasteiger partial charge on any atom is -0.360 e. The maximum atomic E-state index is 11.5. The summed E-state index contributed by atoms with van der Waals surface area (Å²) >= 11 is 1.78. The highest BCUT2D eigenvalue weighted by Crippen LogP contribution is 2.16. The van der Waals surface area contributed by atoms with Crippen LogP contribution in [0.3, 0.4) is 0 Å². The van der Waals surface area contributed by atoms with Gasteiger partial charge in [0, 0.05) is 36.7 Å². The number of piperazine rings is 1. The second-order valence-electron chi connectivity index (χ2n) is 6.39. The number of carbonyl (C=O) groups is 1. The van der Waals surface area contributed by atoms with Gasteiger partial charge in [0.15, 0.2) is 5.96 Å². The zero-order chi connectivity index (χ0) is 18.9. The van der Waals surface area contributed by atoms with Crippen molar-refractivity contribution in [2.24, 2.45) is 4.99 Å². The van der Waals surface area contributed by atoms with Gasteiger partial charge in [0.25, 0.3) is 0 Å². The number of hydrogen-bond acceptors (Lipinski definition) is 4. The monoisotopic (exact) mass is 513 g/mol. The summed E-state index contributed by atoms with van der Waals surface area (Å²) in [6.45, 7) is 6.37. The minimum atomic E-state index is 0. The molecule has 0 atom stereocenters. The Morgan fingerprint density at radius 2 is 2.07 bits per heavy atom. The van der Waals surface area contributed by atoms with Crippen molar-refractivity contribution in [3.8, 4) is 0 Å². The number of nitrogens with one attached hydrogen (secondary N) is 3. The summed E-state index contributed by atoms with van der Waals surface area (Å²) in [5.74, 6) is 0.921. The van der Waals surface area contributed by atoms with Gasteiger partial charge < -0.3 is 20.9 Å². The van der Waals surface area contributed by atoms with Crippen LogP contribution >= 0.6 is 35.3 Å². The van der Waals surface area contributed by atoms with Crippen LogP contribution in [-0.2, 0) is 17.8 Å². The van der Waals surface area contributed by atoms with Gasteiger partial charge in [-0.3, -0.25) is 4.79 Å².